The molecule has 0 aromatic heterocycles. The van der Waals surface area contributed by atoms with Gasteiger partial charge in [0.25, 0.3) is 8.05 Å². The molecule has 0 bridgehead atoms. The van der Waals surface area contributed by atoms with E-state index in [4.69, 9.17) is 22.2 Å². The van der Waals surface area contributed by atoms with E-state index in [1.54, 1.807) is 0 Å². The van der Waals surface area contributed by atoms with Gasteiger partial charge in [-0.2, -0.15) is 0 Å². The number of benzene rings is 1. The molecule has 1 amide bonds. The summed E-state index contributed by atoms with van der Waals surface area (Å²) in [4.78, 5) is 15.0. The second-order valence-corrected chi connectivity index (χ2v) is 8.31. The smallest absolute Gasteiger partial charge is 0.283 e. The molecule has 2 aliphatic rings. The first-order valence-corrected chi connectivity index (χ1v) is 11.5. The fourth-order valence-electron chi connectivity index (χ4n) is 4.27. The summed E-state index contributed by atoms with van der Waals surface area (Å²) in [6, 6.07) is 5.52. The van der Waals surface area contributed by atoms with E-state index in [0.29, 0.717) is 25.4 Å². The average molecular weight is 414 g/mol. The van der Waals surface area contributed by atoms with Gasteiger partial charge in [0.2, 0.25) is 5.91 Å². The minimum atomic E-state index is -0.453. The molecule has 30 heavy (non-hydrogen) atoms. The first-order valence-electron chi connectivity index (χ1n) is 11.5. The Morgan fingerprint density at radius 2 is 1.87 bits per heavy atom. The van der Waals surface area contributed by atoms with Crippen molar-refractivity contribution in [1.29, 1.82) is 0 Å². The van der Waals surface area contributed by atoms with E-state index < -0.39 is 6.10 Å². The first-order chi connectivity index (χ1) is 14.7. The maximum atomic E-state index is 12.7. The number of hydrogen-bond acceptors (Lipinski definition) is 5. The fraction of sp³-hybridized carbons (Fsp3) is 0.696. The lowest BCUT2D eigenvalue weighted by molar-refractivity contribution is -0.122. The maximum Gasteiger partial charge on any atom is 0.283 e. The third-order valence-electron chi connectivity index (χ3n) is 5.91. The Morgan fingerprint density at radius 1 is 1.13 bits per heavy atom. The summed E-state index contributed by atoms with van der Waals surface area (Å²) in [5.41, 5.74) is 0.884. The van der Waals surface area contributed by atoms with Gasteiger partial charge in [-0.05, 0) is 50.0 Å². The number of hydrogen-bond donors (Lipinski definition) is 1. The number of carbonyl (C=O) groups excluding carboxylic acids is 1. The van der Waals surface area contributed by atoms with Gasteiger partial charge in [-0.15, -0.1) is 0 Å². The minimum Gasteiger partial charge on any atom is -0.486 e. The van der Waals surface area contributed by atoms with Gasteiger partial charge < -0.3 is 24.3 Å². The Morgan fingerprint density at radius 3 is 2.60 bits per heavy atom. The zero-order chi connectivity index (χ0) is 21.2. The Hall–Kier alpha value is -1.73. The van der Waals surface area contributed by atoms with Crippen LogP contribution in [0.15, 0.2) is 18.2 Å². The van der Waals surface area contributed by atoms with E-state index in [0.717, 1.165) is 43.8 Å². The number of likely N-dealkylation sites (tertiary alicyclic amines) is 1. The van der Waals surface area contributed by atoms with Crippen LogP contribution >= 0.6 is 0 Å². The predicted molar refractivity (Wildman–Crippen MR) is 118 cm³/mol. The van der Waals surface area contributed by atoms with Gasteiger partial charge in [0.1, 0.15) is 13.2 Å². The quantitative estimate of drug-likeness (QED) is 0.419. The molecular weight excluding hydrogens is 379 g/mol. The SMILES string of the molecule is [B]OC(c1ccc2c(c1)OCCO2)C(CN1CCCC1)NC(=O)CCCCCCC. The summed E-state index contributed by atoms with van der Waals surface area (Å²) >= 11 is 0. The Balaban J connectivity index is 1.66. The number of unbranched alkanes of at least 4 members (excludes halogenated alkanes) is 4. The van der Waals surface area contributed by atoms with Crippen LogP contribution in [0, 0.1) is 0 Å². The van der Waals surface area contributed by atoms with Crippen molar-refractivity contribution in [2.75, 3.05) is 32.8 Å². The second kappa shape index (κ2) is 12.2. The molecule has 0 saturated carbocycles. The third kappa shape index (κ3) is 6.64. The van der Waals surface area contributed by atoms with Crippen molar-refractivity contribution in [2.45, 2.75) is 70.4 Å². The first kappa shape index (κ1) is 22.9. The van der Waals surface area contributed by atoms with Crippen molar-refractivity contribution in [3.8, 4) is 11.5 Å². The molecule has 1 saturated heterocycles. The molecule has 164 valence electrons. The van der Waals surface area contributed by atoms with Crippen LogP contribution in [0.3, 0.4) is 0 Å². The molecule has 2 aliphatic heterocycles. The average Bonchev–Trinajstić information content (AvgIpc) is 3.27. The Labute approximate surface area is 182 Å². The summed E-state index contributed by atoms with van der Waals surface area (Å²) in [5, 5.41) is 3.21. The number of amides is 1. The van der Waals surface area contributed by atoms with Gasteiger partial charge in [0.05, 0.1) is 12.1 Å². The monoisotopic (exact) mass is 414 g/mol. The zero-order valence-corrected chi connectivity index (χ0v) is 18.2. The van der Waals surface area contributed by atoms with Crippen molar-refractivity contribution >= 4 is 14.0 Å². The number of fused-ring (bicyclic) bond motifs is 1. The zero-order valence-electron chi connectivity index (χ0n) is 18.2. The lowest BCUT2D eigenvalue weighted by Crippen LogP contribution is -2.47. The molecule has 0 spiro atoms. The topological polar surface area (TPSA) is 60.0 Å². The van der Waals surface area contributed by atoms with Gasteiger partial charge in [-0.1, -0.05) is 38.7 Å². The Bertz CT molecular complexity index is 667. The molecule has 1 fully saturated rings. The predicted octanol–water partition coefficient (Wildman–Crippen LogP) is 3.54. The molecule has 1 aromatic carbocycles. The van der Waals surface area contributed by atoms with Crippen molar-refractivity contribution in [1.82, 2.24) is 10.2 Å². The molecule has 2 heterocycles. The van der Waals surface area contributed by atoms with Crippen LogP contribution < -0.4 is 14.8 Å². The molecular formula is C23H35BN2O4. The molecule has 0 aliphatic carbocycles. The molecule has 2 atom stereocenters. The number of nitrogens with zero attached hydrogens (tertiary/aromatic N) is 1. The number of rotatable bonds is 12. The summed E-state index contributed by atoms with van der Waals surface area (Å²) in [6.07, 6.45) is 8.10. The van der Waals surface area contributed by atoms with E-state index >= 15 is 0 Å². The number of ether oxygens (including phenoxy) is 2. The van der Waals surface area contributed by atoms with Crippen LogP contribution in [-0.4, -0.2) is 57.7 Å². The summed E-state index contributed by atoms with van der Waals surface area (Å²) < 4.78 is 16.8. The molecule has 2 unspecified atom stereocenters. The third-order valence-corrected chi connectivity index (χ3v) is 5.91. The van der Waals surface area contributed by atoms with Gasteiger partial charge in [0.15, 0.2) is 11.5 Å². The highest BCUT2D eigenvalue weighted by Crippen LogP contribution is 2.34. The van der Waals surface area contributed by atoms with Gasteiger partial charge in [-0.25, -0.2) is 0 Å². The lowest BCUT2D eigenvalue weighted by Gasteiger charge is -2.32. The fourth-order valence-corrected chi connectivity index (χ4v) is 4.27. The van der Waals surface area contributed by atoms with Crippen molar-refractivity contribution < 1.29 is 18.9 Å². The minimum absolute atomic E-state index is 0.0651. The lowest BCUT2D eigenvalue weighted by atomic mass is 9.99. The second-order valence-electron chi connectivity index (χ2n) is 8.31. The van der Waals surface area contributed by atoms with Crippen LogP contribution in [0.5, 0.6) is 11.5 Å². The van der Waals surface area contributed by atoms with Crippen molar-refractivity contribution in [3.63, 3.8) is 0 Å². The number of nitrogens with one attached hydrogen (secondary N) is 1. The van der Waals surface area contributed by atoms with E-state index in [2.05, 4.69) is 17.1 Å². The van der Waals surface area contributed by atoms with E-state index in [9.17, 15) is 4.79 Å². The highest BCUT2D eigenvalue weighted by molar-refractivity contribution is 5.98. The highest BCUT2D eigenvalue weighted by atomic mass is 16.6. The van der Waals surface area contributed by atoms with Crippen LogP contribution in [0.25, 0.3) is 0 Å². The summed E-state index contributed by atoms with van der Waals surface area (Å²) in [5.74, 6) is 1.49. The van der Waals surface area contributed by atoms with E-state index in [1.807, 2.05) is 18.2 Å². The standard InChI is InChI=1S/C23H35BN2O4/c1-2-3-4-5-6-9-22(27)25-19(17-26-12-7-8-13-26)23(30-24)18-10-11-20-21(16-18)29-15-14-28-20/h10-11,16,19,23H,2-9,12-15,17H2,1H3,(H,25,27). The normalized spacial score (nSPS) is 18.2. The van der Waals surface area contributed by atoms with Crippen LogP contribution in [0.4, 0.5) is 0 Å². The van der Waals surface area contributed by atoms with Crippen LogP contribution in [0.1, 0.15) is 70.0 Å². The van der Waals surface area contributed by atoms with Gasteiger partial charge >= 0.3 is 0 Å². The molecule has 7 heteroatoms. The highest BCUT2D eigenvalue weighted by Gasteiger charge is 2.28. The maximum absolute atomic E-state index is 12.7. The van der Waals surface area contributed by atoms with Crippen LogP contribution in [0.2, 0.25) is 0 Å². The largest absolute Gasteiger partial charge is 0.486 e. The van der Waals surface area contributed by atoms with Gasteiger partial charge in [0, 0.05) is 13.0 Å². The van der Waals surface area contributed by atoms with Gasteiger partial charge in [-0.3, -0.25) is 4.79 Å². The van der Waals surface area contributed by atoms with Crippen LogP contribution in [-0.2, 0) is 9.45 Å². The summed E-state index contributed by atoms with van der Waals surface area (Å²) in [6.45, 7) is 6.08. The van der Waals surface area contributed by atoms with Crippen molar-refractivity contribution in [3.05, 3.63) is 23.8 Å². The summed E-state index contributed by atoms with van der Waals surface area (Å²) in [7, 11) is 5.74. The molecule has 2 radical (unpaired) electrons. The molecule has 6 nitrogen and oxygen atoms in total. The Kier molecular flexibility index (Phi) is 9.34. The molecule has 1 aromatic rings. The van der Waals surface area contributed by atoms with E-state index in [-0.39, 0.29) is 11.9 Å². The molecule has 1 N–H and O–H groups in total. The number of carbonyl (C=O) groups is 1. The molecule has 3 rings (SSSR count). The van der Waals surface area contributed by atoms with E-state index in [1.165, 1.54) is 32.1 Å². The van der Waals surface area contributed by atoms with Crippen molar-refractivity contribution in [2.24, 2.45) is 0 Å².